The van der Waals surface area contributed by atoms with Gasteiger partial charge in [-0.05, 0) is 56.3 Å². The van der Waals surface area contributed by atoms with Gasteiger partial charge in [0.15, 0.2) is 11.4 Å². The molecule has 192 valence electrons. The monoisotopic (exact) mass is 512 g/mol. The second-order valence-electron chi connectivity index (χ2n) is 8.95. The van der Waals surface area contributed by atoms with Gasteiger partial charge in [-0.2, -0.15) is 13.2 Å². The van der Waals surface area contributed by atoms with Crippen LogP contribution in [0.15, 0.2) is 67.0 Å². The van der Waals surface area contributed by atoms with E-state index in [1.54, 1.807) is 30.3 Å². The Morgan fingerprint density at radius 3 is 2.73 bits per heavy atom. The molecule has 1 saturated heterocycles. The highest BCUT2D eigenvalue weighted by Crippen LogP contribution is 2.31. The maximum Gasteiger partial charge on any atom is 0.416 e. The van der Waals surface area contributed by atoms with Crippen LogP contribution in [0.4, 0.5) is 18.9 Å². The van der Waals surface area contributed by atoms with E-state index >= 15 is 0 Å². The van der Waals surface area contributed by atoms with E-state index in [2.05, 4.69) is 15.3 Å². The lowest BCUT2D eigenvalue weighted by atomic mass is 10.2. The Balaban J connectivity index is 1.32. The largest absolute Gasteiger partial charge is 0.491 e. The van der Waals surface area contributed by atoms with Crippen LogP contribution < -0.4 is 10.1 Å². The number of aromatic nitrogens is 3. The third-order valence-electron chi connectivity index (χ3n) is 5.67. The molecule has 3 heterocycles. The van der Waals surface area contributed by atoms with E-state index in [0.29, 0.717) is 30.2 Å². The number of rotatable bonds is 6. The van der Waals surface area contributed by atoms with Crippen LogP contribution in [0, 0.1) is 0 Å². The maximum atomic E-state index is 13.2. The highest BCUT2D eigenvalue weighted by atomic mass is 19.4. The van der Waals surface area contributed by atoms with Crippen LogP contribution in [0.3, 0.4) is 0 Å². The Morgan fingerprint density at radius 1 is 1.16 bits per heavy atom. The highest BCUT2D eigenvalue weighted by Gasteiger charge is 2.33. The van der Waals surface area contributed by atoms with Crippen molar-refractivity contribution in [1.82, 2.24) is 14.5 Å². The predicted molar refractivity (Wildman–Crippen MR) is 129 cm³/mol. The van der Waals surface area contributed by atoms with Crippen molar-refractivity contribution in [1.29, 1.82) is 0 Å². The number of nitrogens with zero attached hydrogens (tertiary/aromatic N) is 3. The van der Waals surface area contributed by atoms with Gasteiger partial charge < -0.3 is 19.5 Å². The van der Waals surface area contributed by atoms with Crippen LogP contribution in [-0.2, 0) is 15.7 Å². The molecule has 0 radical (unpaired) electrons. The van der Waals surface area contributed by atoms with E-state index in [-0.39, 0.29) is 23.1 Å². The molecule has 1 N–H and O–H groups in total. The fourth-order valence-electron chi connectivity index (χ4n) is 3.93. The first-order valence-corrected chi connectivity index (χ1v) is 11.5. The van der Waals surface area contributed by atoms with Gasteiger partial charge in [0.2, 0.25) is 0 Å². The minimum Gasteiger partial charge on any atom is -0.491 e. The number of hydrogen-bond acceptors (Lipinski definition) is 6. The summed E-state index contributed by atoms with van der Waals surface area (Å²) in [4.78, 5) is 21.5. The molecule has 37 heavy (non-hydrogen) atoms. The molecule has 2 aromatic carbocycles. The van der Waals surface area contributed by atoms with E-state index in [1.807, 2.05) is 13.8 Å². The van der Waals surface area contributed by atoms with Crippen molar-refractivity contribution in [2.24, 2.45) is 0 Å². The van der Waals surface area contributed by atoms with Gasteiger partial charge in [-0.15, -0.1) is 0 Å². The molecule has 1 amide bonds. The summed E-state index contributed by atoms with van der Waals surface area (Å²) in [6.45, 7) is 4.38. The SMILES string of the molecule is CC1(C)OCC(COc2cccc(NC(=O)c3ccc4ncn(-c5cccc(C(F)(F)F)c5)c4n3)c2)O1. The molecule has 0 bridgehead atoms. The first-order valence-electron chi connectivity index (χ1n) is 11.5. The van der Waals surface area contributed by atoms with E-state index in [4.69, 9.17) is 14.2 Å². The molecule has 1 fully saturated rings. The number of anilines is 1. The van der Waals surface area contributed by atoms with E-state index in [9.17, 15) is 18.0 Å². The molecule has 1 atom stereocenters. The van der Waals surface area contributed by atoms with Crippen LogP contribution in [0.1, 0.15) is 29.9 Å². The molecule has 11 heteroatoms. The van der Waals surface area contributed by atoms with Crippen LogP contribution in [-0.4, -0.2) is 45.5 Å². The van der Waals surface area contributed by atoms with Gasteiger partial charge in [0.1, 0.15) is 36.0 Å². The number of carbonyl (C=O) groups excluding carboxylic acids is 1. The zero-order chi connectivity index (χ0) is 26.2. The highest BCUT2D eigenvalue weighted by molar-refractivity contribution is 6.03. The van der Waals surface area contributed by atoms with Gasteiger partial charge in [-0.1, -0.05) is 12.1 Å². The first-order chi connectivity index (χ1) is 17.6. The number of halogens is 3. The van der Waals surface area contributed by atoms with Crippen LogP contribution in [0.2, 0.25) is 0 Å². The maximum absolute atomic E-state index is 13.2. The van der Waals surface area contributed by atoms with E-state index in [1.165, 1.54) is 29.1 Å². The number of carbonyl (C=O) groups is 1. The number of pyridine rings is 1. The molecule has 0 saturated carbocycles. The van der Waals surface area contributed by atoms with Crippen LogP contribution >= 0.6 is 0 Å². The Morgan fingerprint density at radius 2 is 1.97 bits per heavy atom. The Labute approximate surface area is 210 Å². The first kappa shape index (κ1) is 24.7. The summed E-state index contributed by atoms with van der Waals surface area (Å²) in [6, 6.07) is 14.8. The lowest BCUT2D eigenvalue weighted by Crippen LogP contribution is -2.25. The van der Waals surface area contributed by atoms with Crippen molar-refractivity contribution >= 4 is 22.8 Å². The number of hydrogen-bond donors (Lipinski definition) is 1. The number of alkyl halides is 3. The van der Waals surface area contributed by atoms with Crippen molar-refractivity contribution in [3.8, 4) is 11.4 Å². The lowest BCUT2D eigenvalue weighted by molar-refractivity contribution is -0.141. The van der Waals surface area contributed by atoms with Gasteiger partial charge in [0.05, 0.1) is 12.2 Å². The Hall–Kier alpha value is -3.96. The smallest absolute Gasteiger partial charge is 0.416 e. The molecule has 0 spiro atoms. The van der Waals surface area contributed by atoms with Crippen molar-refractivity contribution < 1.29 is 32.2 Å². The third kappa shape index (κ3) is 5.57. The summed E-state index contributed by atoms with van der Waals surface area (Å²) in [5, 5.41) is 2.77. The number of nitrogens with one attached hydrogen (secondary N) is 1. The molecule has 2 aromatic heterocycles. The van der Waals surface area contributed by atoms with Crippen LogP contribution in [0.25, 0.3) is 16.9 Å². The number of ether oxygens (including phenoxy) is 3. The molecular weight excluding hydrogens is 489 g/mol. The molecule has 1 unspecified atom stereocenters. The molecule has 1 aliphatic rings. The average Bonchev–Trinajstić information content (AvgIpc) is 3.44. The van der Waals surface area contributed by atoms with E-state index in [0.717, 1.165) is 12.1 Å². The number of amides is 1. The third-order valence-corrected chi connectivity index (χ3v) is 5.67. The Bertz CT molecular complexity index is 1450. The molecule has 5 rings (SSSR count). The van der Waals surface area contributed by atoms with E-state index < -0.39 is 23.4 Å². The zero-order valence-electron chi connectivity index (χ0n) is 20.0. The molecule has 1 aliphatic heterocycles. The number of imidazole rings is 1. The Kier molecular flexibility index (Phi) is 6.34. The lowest BCUT2D eigenvalue weighted by Gasteiger charge is -2.17. The molecule has 4 aromatic rings. The molecular formula is C26H23F3N4O4. The predicted octanol–water partition coefficient (Wildman–Crippen LogP) is 5.22. The van der Waals surface area contributed by atoms with Crippen molar-refractivity contribution in [3.63, 3.8) is 0 Å². The summed E-state index contributed by atoms with van der Waals surface area (Å²) in [5.74, 6) is -0.601. The molecule has 0 aliphatic carbocycles. The fourth-order valence-corrected chi connectivity index (χ4v) is 3.93. The van der Waals surface area contributed by atoms with Gasteiger partial charge >= 0.3 is 6.18 Å². The topological polar surface area (TPSA) is 87.5 Å². The van der Waals surface area contributed by atoms with Gasteiger partial charge in [-0.25, -0.2) is 9.97 Å². The summed E-state index contributed by atoms with van der Waals surface area (Å²) in [6.07, 6.45) is -3.32. The van der Waals surface area contributed by atoms with Gasteiger partial charge in [0.25, 0.3) is 5.91 Å². The fraction of sp³-hybridized carbons (Fsp3) is 0.269. The second kappa shape index (κ2) is 9.49. The normalized spacial score (nSPS) is 17.2. The average molecular weight is 512 g/mol. The summed E-state index contributed by atoms with van der Waals surface area (Å²) in [5.41, 5.74) is 0.688. The van der Waals surface area contributed by atoms with Crippen molar-refractivity contribution in [2.45, 2.75) is 31.9 Å². The summed E-state index contributed by atoms with van der Waals surface area (Å²) in [7, 11) is 0. The summed E-state index contributed by atoms with van der Waals surface area (Å²) >= 11 is 0. The minimum atomic E-state index is -4.49. The number of fused-ring (bicyclic) bond motifs is 1. The van der Waals surface area contributed by atoms with Crippen LogP contribution in [0.5, 0.6) is 5.75 Å². The minimum absolute atomic E-state index is 0.0753. The number of benzene rings is 2. The second-order valence-corrected chi connectivity index (χ2v) is 8.95. The van der Waals surface area contributed by atoms with Gasteiger partial charge in [0, 0.05) is 17.4 Å². The summed E-state index contributed by atoms with van der Waals surface area (Å²) < 4.78 is 58.0. The van der Waals surface area contributed by atoms with Gasteiger partial charge in [-0.3, -0.25) is 9.36 Å². The van der Waals surface area contributed by atoms with Crippen molar-refractivity contribution in [2.75, 3.05) is 18.5 Å². The van der Waals surface area contributed by atoms with Crippen molar-refractivity contribution in [3.05, 3.63) is 78.2 Å². The standard InChI is InChI=1S/C26H23F3N4O4/c1-25(2)36-14-20(37-25)13-35-19-8-4-6-17(12-19)31-24(34)22-10-9-21-23(32-22)33(15-30-21)18-7-3-5-16(11-18)26(27,28)29/h3-12,15,20H,13-14H2,1-2H3,(H,31,34). The molecule has 8 nitrogen and oxygen atoms in total. The zero-order valence-corrected chi connectivity index (χ0v) is 20.0. The quantitative estimate of drug-likeness (QED) is 0.381.